The number of rotatable bonds is 10. The number of carbonyl (C=O) groups is 2. The van der Waals surface area contributed by atoms with Crippen LogP contribution in [0, 0.1) is 23.1 Å². The van der Waals surface area contributed by atoms with Crippen molar-refractivity contribution in [1.82, 2.24) is 5.32 Å². The van der Waals surface area contributed by atoms with E-state index in [1.54, 1.807) is 31.2 Å². The van der Waals surface area contributed by atoms with Crippen LogP contribution >= 0.6 is 0 Å². The average molecular weight is 348 g/mol. The molecule has 0 bridgehead atoms. The molecule has 25 heavy (non-hydrogen) atoms. The number of nitrogens with zero attached hydrogens (tertiary/aromatic N) is 1. The summed E-state index contributed by atoms with van der Waals surface area (Å²) < 4.78 is 19.1. The van der Waals surface area contributed by atoms with Crippen LogP contribution in [0.25, 0.3) is 0 Å². The molecule has 0 aliphatic carbocycles. The molecule has 0 aliphatic rings. The number of benzene rings is 1. The SMILES string of the molecule is CC(C)OCCCNC(=O)C(C#N)C(=O)CC(C)c1ccccc1F. The van der Waals surface area contributed by atoms with Crippen LogP contribution in [-0.2, 0) is 14.3 Å². The van der Waals surface area contributed by atoms with Crippen LogP contribution in [0.2, 0.25) is 0 Å². The predicted molar refractivity (Wildman–Crippen MR) is 92.3 cm³/mol. The van der Waals surface area contributed by atoms with Gasteiger partial charge in [-0.25, -0.2) is 4.39 Å². The van der Waals surface area contributed by atoms with E-state index in [0.717, 1.165) is 0 Å². The van der Waals surface area contributed by atoms with Crippen LogP contribution in [0.1, 0.15) is 45.1 Å². The van der Waals surface area contributed by atoms with Gasteiger partial charge in [0, 0.05) is 19.6 Å². The molecule has 2 atom stereocenters. The fourth-order valence-electron chi connectivity index (χ4n) is 2.39. The Morgan fingerprint density at radius 2 is 1.96 bits per heavy atom. The van der Waals surface area contributed by atoms with E-state index < -0.39 is 29.3 Å². The molecule has 1 N–H and O–H groups in total. The van der Waals surface area contributed by atoms with Gasteiger partial charge in [-0.1, -0.05) is 25.1 Å². The molecule has 6 heteroatoms. The van der Waals surface area contributed by atoms with Crippen molar-refractivity contribution in [2.24, 2.45) is 5.92 Å². The number of Topliss-reactive ketones (excluding diaryl/α,β-unsaturated/α-hetero) is 1. The Labute approximate surface area is 148 Å². The molecule has 0 radical (unpaired) electrons. The van der Waals surface area contributed by atoms with Crippen LogP contribution < -0.4 is 5.32 Å². The van der Waals surface area contributed by atoms with E-state index in [1.807, 2.05) is 13.8 Å². The van der Waals surface area contributed by atoms with E-state index in [4.69, 9.17) is 10.00 Å². The van der Waals surface area contributed by atoms with Gasteiger partial charge in [0.15, 0.2) is 11.7 Å². The maximum atomic E-state index is 13.8. The Balaban J connectivity index is 2.52. The molecule has 1 amide bonds. The molecule has 0 saturated heterocycles. The Hall–Kier alpha value is -2.26. The number of nitriles is 1. The number of hydrogen-bond acceptors (Lipinski definition) is 4. The zero-order valence-corrected chi connectivity index (χ0v) is 14.9. The highest BCUT2D eigenvalue weighted by Gasteiger charge is 2.28. The Bertz CT molecular complexity index is 625. The van der Waals surface area contributed by atoms with Gasteiger partial charge in [0.05, 0.1) is 12.2 Å². The van der Waals surface area contributed by atoms with Crippen molar-refractivity contribution < 1.29 is 18.7 Å². The first kappa shape index (κ1) is 20.8. The summed E-state index contributed by atoms with van der Waals surface area (Å²) in [7, 11) is 0. The van der Waals surface area contributed by atoms with Crippen LogP contribution in [-0.4, -0.2) is 30.9 Å². The number of amides is 1. The highest BCUT2D eigenvalue weighted by atomic mass is 19.1. The van der Waals surface area contributed by atoms with Gasteiger partial charge < -0.3 is 10.1 Å². The fraction of sp³-hybridized carbons (Fsp3) is 0.526. The summed E-state index contributed by atoms with van der Waals surface area (Å²) in [5, 5.41) is 11.7. The van der Waals surface area contributed by atoms with Crippen molar-refractivity contribution in [3.8, 4) is 6.07 Å². The van der Waals surface area contributed by atoms with Crippen LogP contribution in [0.3, 0.4) is 0 Å². The minimum atomic E-state index is -1.37. The molecule has 0 aliphatic heterocycles. The van der Waals surface area contributed by atoms with Crippen LogP contribution in [0.15, 0.2) is 24.3 Å². The maximum absolute atomic E-state index is 13.8. The second kappa shape index (κ2) is 10.6. The number of halogens is 1. The quantitative estimate of drug-likeness (QED) is 0.521. The molecule has 0 spiro atoms. The smallest absolute Gasteiger partial charge is 0.245 e. The minimum absolute atomic E-state index is 0.0664. The van der Waals surface area contributed by atoms with Gasteiger partial charge in [0.1, 0.15) is 5.82 Å². The average Bonchev–Trinajstić information content (AvgIpc) is 2.55. The van der Waals surface area contributed by atoms with Crippen molar-refractivity contribution in [3.63, 3.8) is 0 Å². The first-order chi connectivity index (χ1) is 11.9. The van der Waals surface area contributed by atoms with Crippen molar-refractivity contribution in [3.05, 3.63) is 35.6 Å². The maximum Gasteiger partial charge on any atom is 0.245 e. The zero-order chi connectivity index (χ0) is 18.8. The van der Waals surface area contributed by atoms with Gasteiger partial charge in [-0.05, 0) is 37.8 Å². The second-order valence-electron chi connectivity index (χ2n) is 6.22. The molecule has 1 rings (SSSR count). The van der Waals surface area contributed by atoms with Crippen LogP contribution in [0.4, 0.5) is 4.39 Å². The van der Waals surface area contributed by atoms with E-state index >= 15 is 0 Å². The lowest BCUT2D eigenvalue weighted by Gasteiger charge is -2.14. The molecule has 0 heterocycles. The molecule has 0 aromatic heterocycles. The third-order valence-corrected chi connectivity index (χ3v) is 3.73. The van der Waals surface area contributed by atoms with Gasteiger partial charge in [0.2, 0.25) is 5.91 Å². The summed E-state index contributed by atoms with van der Waals surface area (Å²) in [6, 6.07) is 7.93. The third-order valence-electron chi connectivity index (χ3n) is 3.73. The summed E-state index contributed by atoms with van der Waals surface area (Å²) in [6.07, 6.45) is 0.647. The molecule has 0 fully saturated rings. The van der Waals surface area contributed by atoms with Crippen molar-refractivity contribution in [1.29, 1.82) is 5.26 Å². The molecule has 5 nitrogen and oxygen atoms in total. The first-order valence-corrected chi connectivity index (χ1v) is 8.42. The van der Waals surface area contributed by atoms with Crippen molar-refractivity contribution in [2.75, 3.05) is 13.2 Å². The highest BCUT2D eigenvalue weighted by molar-refractivity contribution is 6.04. The topological polar surface area (TPSA) is 79.2 Å². The summed E-state index contributed by atoms with van der Waals surface area (Å²) in [5.74, 6) is -3.30. The van der Waals surface area contributed by atoms with E-state index in [9.17, 15) is 14.0 Å². The molecule has 136 valence electrons. The second-order valence-corrected chi connectivity index (χ2v) is 6.22. The molecule has 1 aromatic rings. The normalized spacial score (nSPS) is 13.1. The highest BCUT2D eigenvalue weighted by Crippen LogP contribution is 2.23. The van der Waals surface area contributed by atoms with Gasteiger partial charge in [0.25, 0.3) is 0 Å². The van der Waals surface area contributed by atoms with Crippen LogP contribution in [0.5, 0.6) is 0 Å². The summed E-state index contributed by atoms with van der Waals surface area (Å²) >= 11 is 0. The van der Waals surface area contributed by atoms with E-state index in [2.05, 4.69) is 5.32 Å². The number of ether oxygens (including phenoxy) is 1. The number of nitrogens with one attached hydrogen (secondary N) is 1. The summed E-state index contributed by atoms with van der Waals surface area (Å²) in [6.45, 7) is 6.36. The lowest BCUT2D eigenvalue weighted by molar-refractivity contribution is -0.131. The van der Waals surface area contributed by atoms with E-state index in [1.165, 1.54) is 6.07 Å². The molecular weight excluding hydrogens is 323 g/mol. The van der Waals surface area contributed by atoms with Crippen molar-refractivity contribution >= 4 is 11.7 Å². The molecular formula is C19H25FN2O3. The molecule has 2 unspecified atom stereocenters. The zero-order valence-electron chi connectivity index (χ0n) is 14.9. The Morgan fingerprint density at radius 3 is 2.56 bits per heavy atom. The fourth-order valence-corrected chi connectivity index (χ4v) is 2.39. The lowest BCUT2D eigenvalue weighted by atomic mass is 9.90. The number of carbonyl (C=O) groups excluding carboxylic acids is 2. The largest absolute Gasteiger partial charge is 0.379 e. The minimum Gasteiger partial charge on any atom is -0.379 e. The van der Waals surface area contributed by atoms with Gasteiger partial charge in [-0.3, -0.25) is 9.59 Å². The van der Waals surface area contributed by atoms with Gasteiger partial charge in [-0.15, -0.1) is 0 Å². The summed E-state index contributed by atoms with van der Waals surface area (Å²) in [5.41, 5.74) is 0.402. The third kappa shape index (κ3) is 7.02. The first-order valence-electron chi connectivity index (χ1n) is 8.42. The lowest BCUT2D eigenvalue weighted by Crippen LogP contribution is -2.36. The predicted octanol–water partition coefficient (Wildman–Crippen LogP) is 2.96. The molecule has 1 aromatic carbocycles. The van der Waals surface area contributed by atoms with E-state index in [-0.39, 0.29) is 12.5 Å². The Kier molecular flexibility index (Phi) is 8.79. The number of hydrogen-bond donors (Lipinski definition) is 1. The van der Waals surface area contributed by atoms with E-state index in [0.29, 0.717) is 25.1 Å². The summed E-state index contributed by atoms with van der Waals surface area (Å²) in [4.78, 5) is 24.3. The monoisotopic (exact) mass is 348 g/mol. The number of ketones is 1. The van der Waals surface area contributed by atoms with Crippen molar-refractivity contribution in [2.45, 2.75) is 45.6 Å². The van der Waals surface area contributed by atoms with Gasteiger partial charge in [-0.2, -0.15) is 5.26 Å². The van der Waals surface area contributed by atoms with Gasteiger partial charge >= 0.3 is 0 Å². The Morgan fingerprint density at radius 1 is 1.28 bits per heavy atom. The standard InChI is InChI=1S/C19H25FN2O3/c1-13(2)25-10-6-9-22-19(24)16(12-21)18(23)11-14(3)15-7-4-5-8-17(15)20/h4-5,7-8,13-14,16H,6,9-11H2,1-3H3,(H,22,24). The molecule has 0 saturated carbocycles.